The van der Waals surface area contributed by atoms with Gasteiger partial charge in [0.25, 0.3) is 0 Å². The predicted octanol–water partition coefficient (Wildman–Crippen LogP) is -1.34. The molecule has 1 amide bonds. The third-order valence-electron chi connectivity index (χ3n) is 2.43. The van der Waals surface area contributed by atoms with Crippen molar-refractivity contribution in [3.8, 4) is 0 Å². The Morgan fingerprint density at radius 1 is 1.60 bits per heavy atom. The van der Waals surface area contributed by atoms with Crippen LogP contribution in [0.15, 0.2) is 0 Å². The van der Waals surface area contributed by atoms with Crippen LogP contribution in [0.25, 0.3) is 0 Å². The highest BCUT2D eigenvalue weighted by Crippen LogP contribution is 2.00. The highest BCUT2D eigenvalue weighted by molar-refractivity contribution is 5.78. The molecule has 0 aromatic rings. The van der Waals surface area contributed by atoms with Gasteiger partial charge in [0.15, 0.2) is 0 Å². The van der Waals surface area contributed by atoms with Gasteiger partial charge in [-0.25, -0.2) is 0 Å². The monoisotopic (exact) mass is 215 g/mol. The number of carbonyl (C=O) groups excluding carboxylic acids is 1. The summed E-state index contributed by atoms with van der Waals surface area (Å²) in [6.45, 7) is 1.70. The first-order valence-electron chi connectivity index (χ1n) is 5.08. The van der Waals surface area contributed by atoms with E-state index in [4.69, 9.17) is 10.8 Å². The highest BCUT2D eigenvalue weighted by atomic mass is 16.4. The van der Waals surface area contributed by atoms with Gasteiger partial charge in [-0.1, -0.05) is 0 Å². The van der Waals surface area contributed by atoms with Crippen molar-refractivity contribution in [1.29, 1.82) is 0 Å². The summed E-state index contributed by atoms with van der Waals surface area (Å²) >= 11 is 0. The third kappa shape index (κ3) is 4.26. The maximum atomic E-state index is 11.3. The van der Waals surface area contributed by atoms with Crippen molar-refractivity contribution >= 4 is 11.9 Å². The van der Waals surface area contributed by atoms with E-state index in [9.17, 15) is 9.59 Å². The van der Waals surface area contributed by atoms with Gasteiger partial charge in [-0.15, -0.1) is 0 Å². The first-order chi connectivity index (χ1) is 7.09. The largest absolute Gasteiger partial charge is 0.480 e. The molecule has 6 heteroatoms. The third-order valence-corrected chi connectivity index (χ3v) is 2.43. The number of amides is 1. The zero-order valence-corrected chi connectivity index (χ0v) is 8.53. The molecule has 0 aromatic carbocycles. The van der Waals surface area contributed by atoms with Crippen LogP contribution in [0.3, 0.4) is 0 Å². The summed E-state index contributed by atoms with van der Waals surface area (Å²) in [6.07, 6.45) is 1.28. The number of nitrogens with two attached hydrogens (primary N) is 1. The first-order valence-corrected chi connectivity index (χ1v) is 5.08. The van der Waals surface area contributed by atoms with Crippen molar-refractivity contribution in [2.45, 2.75) is 31.3 Å². The zero-order chi connectivity index (χ0) is 11.3. The lowest BCUT2D eigenvalue weighted by Crippen LogP contribution is -2.38. The minimum absolute atomic E-state index is 0.125. The number of carbonyl (C=O) groups is 2. The van der Waals surface area contributed by atoms with Crippen LogP contribution in [0.4, 0.5) is 0 Å². The summed E-state index contributed by atoms with van der Waals surface area (Å²) in [5.74, 6) is -1.19. The van der Waals surface area contributed by atoms with Crippen molar-refractivity contribution in [3.63, 3.8) is 0 Å². The minimum Gasteiger partial charge on any atom is -0.480 e. The van der Waals surface area contributed by atoms with Gasteiger partial charge < -0.3 is 21.5 Å². The Balaban J connectivity index is 2.15. The molecule has 1 fully saturated rings. The van der Waals surface area contributed by atoms with E-state index in [1.807, 2.05) is 0 Å². The second-order valence-corrected chi connectivity index (χ2v) is 3.74. The van der Waals surface area contributed by atoms with Crippen LogP contribution in [-0.2, 0) is 9.59 Å². The van der Waals surface area contributed by atoms with E-state index in [-0.39, 0.29) is 24.8 Å². The summed E-state index contributed by atoms with van der Waals surface area (Å²) < 4.78 is 0. The van der Waals surface area contributed by atoms with Crippen molar-refractivity contribution < 1.29 is 14.7 Å². The van der Waals surface area contributed by atoms with Gasteiger partial charge in [0.05, 0.1) is 0 Å². The lowest BCUT2D eigenvalue weighted by molar-refractivity contribution is -0.138. The molecule has 0 bridgehead atoms. The highest BCUT2D eigenvalue weighted by Gasteiger charge is 2.18. The minimum atomic E-state index is -1.06. The Hall–Kier alpha value is -1.14. The van der Waals surface area contributed by atoms with Crippen LogP contribution in [-0.4, -0.2) is 42.2 Å². The number of hydrogen-bond acceptors (Lipinski definition) is 4. The van der Waals surface area contributed by atoms with Crippen LogP contribution in [0, 0.1) is 0 Å². The Bertz CT molecular complexity index is 239. The van der Waals surface area contributed by atoms with Crippen molar-refractivity contribution in [2.24, 2.45) is 5.73 Å². The fourth-order valence-electron chi connectivity index (χ4n) is 1.49. The van der Waals surface area contributed by atoms with Gasteiger partial charge in [0.1, 0.15) is 6.04 Å². The van der Waals surface area contributed by atoms with Gasteiger partial charge in [-0.3, -0.25) is 9.59 Å². The number of nitrogens with one attached hydrogen (secondary N) is 2. The molecule has 15 heavy (non-hydrogen) atoms. The second kappa shape index (κ2) is 5.67. The smallest absolute Gasteiger partial charge is 0.320 e. The van der Waals surface area contributed by atoms with E-state index in [2.05, 4.69) is 10.6 Å². The molecule has 0 aromatic heterocycles. The van der Waals surface area contributed by atoms with Crippen LogP contribution < -0.4 is 16.4 Å². The van der Waals surface area contributed by atoms with E-state index in [0.717, 1.165) is 19.5 Å². The summed E-state index contributed by atoms with van der Waals surface area (Å²) in [5, 5.41) is 14.5. The molecule has 0 radical (unpaired) electrons. The lowest BCUT2D eigenvalue weighted by Gasteiger charge is -2.11. The van der Waals surface area contributed by atoms with Crippen molar-refractivity contribution in [1.82, 2.24) is 10.6 Å². The SMILES string of the molecule is N[C@@H](CCC(=O)N[C@@H]1CCNC1)C(=O)O. The van der Waals surface area contributed by atoms with Crippen molar-refractivity contribution in [3.05, 3.63) is 0 Å². The maximum absolute atomic E-state index is 11.3. The van der Waals surface area contributed by atoms with E-state index in [0.29, 0.717) is 0 Å². The normalized spacial score (nSPS) is 22.3. The first kappa shape index (κ1) is 11.9. The van der Waals surface area contributed by atoms with E-state index in [1.54, 1.807) is 0 Å². The number of hydrogen-bond donors (Lipinski definition) is 4. The summed E-state index contributed by atoms with van der Waals surface area (Å²) in [6, 6.07) is -0.768. The molecule has 0 saturated carbocycles. The molecule has 5 N–H and O–H groups in total. The van der Waals surface area contributed by atoms with Crippen LogP contribution >= 0.6 is 0 Å². The second-order valence-electron chi connectivity index (χ2n) is 3.74. The molecule has 1 aliphatic heterocycles. The average molecular weight is 215 g/mol. The van der Waals surface area contributed by atoms with Crippen molar-refractivity contribution in [2.75, 3.05) is 13.1 Å². The maximum Gasteiger partial charge on any atom is 0.320 e. The van der Waals surface area contributed by atoms with Gasteiger partial charge in [0.2, 0.25) is 5.91 Å². The van der Waals surface area contributed by atoms with Gasteiger partial charge in [-0.05, 0) is 19.4 Å². The molecule has 1 rings (SSSR count). The van der Waals surface area contributed by atoms with Crippen LogP contribution in [0.2, 0.25) is 0 Å². The molecule has 86 valence electrons. The molecule has 0 unspecified atom stereocenters. The van der Waals surface area contributed by atoms with E-state index < -0.39 is 12.0 Å². The number of aliphatic carboxylic acids is 1. The molecular weight excluding hydrogens is 198 g/mol. The Morgan fingerprint density at radius 3 is 2.87 bits per heavy atom. The van der Waals surface area contributed by atoms with Gasteiger partial charge in [0, 0.05) is 19.0 Å². The standard InChI is InChI=1S/C9H17N3O3/c10-7(9(14)15)1-2-8(13)12-6-3-4-11-5-6/h6-7,11H,1-5,10H2,(H,12,13)(H,14,15)/t6-,7+/m1/s1. The molecule has 6 nitrogen and oxygen atoms in total. The molecule has 1 saturated heterocycles. The number of carboxylic acids is 1. The number of rotatable bonds is 5. The average Bonchev–Trinajstić information content (AvgIpc) is 2.66. The van der Waals surface area contributed by atoms with Crippen LogP contribution in [0.5, 0.6) is 0 Å². The van der Waals surface area contributed by atoms with Gasteiger partial charge >= 0.3 is 5.97 Å². The summed E-state index contributed by atoms with van der Waals surface area (Å²) in [5.41, 5.74) is 5.28. The number of carboxylic acid groups (broad SMARTS) is 1. The fraction of sp³-hybridized carbons (Fsp3) is 0.778. The molecular formula is C9H17N3O3. The molecule has 1 aliphatic rings. The van der Waals surface area contributed by atoms with Crippen LogP contribution in [0.1, 0.15) is 19.3 Å². The Labute approximate surface area is 88.2 Å². The Morgan fingerprint density at radius 2 is 2.33 bits per heavy atom. The van der Waals surface area contributed by atoms with Gasteiger partial charge in [-0.2, -0.15) is 0 Å². The summed E-state index contributed by atoms with van der Waals surface area (Å²) in [4.78, 5) is 21.7. The molecule has 1 heterocycles. The summed E-state index contributed by atoms with van der Waals surface area (Å²) in [7, 11) is 0. The predicted molar refractivity (Wildman–Crippen MR) is 54.3 cm³/mol. The van der Waals surface area contributed by atoms with E-state index in [1.165, 1.54) is 0 Å². The van der Waals surface area contributed by atoms with E-state index >= 15 is 0 Å². The lowest BCUT2D eigenvalue weighted by atomic mass is 10.1. The topological polar surface area (TPSA) is 104 Å². The molecule has 0 spiro atoms. The Kier molecular flexibility index (Phi) is 4.51. The zero-order valence-electron chi connectivity index (χ0n) is 8.53. The molecule has 0 aliphatic carbocycles. The fourth-order valence-corrected chi connectivity index (χ4v) is 1.49. The molecule has 2 atom stereocenters. The quantitative estimate of drug-likeness (QED) is 0.454.